The third-order valence-corrected chi connectivity index (χ3v) is 6.34. The van der Waals surface area contributed by atoms with E-state index in [1.54, 1.807) is 0 Å². The molecule has 27 heavy (non-hydrogen) atoms. The van der Waals surface area contributed by atoms with Crippen molar-refractivity contribution in [2.45, 2.75) is 24.3 Å². The minimum atomic E-state index is -3.90. The molecule has 0 saturated carbocycles. The van der Waals surface area contributed by atoms with Gasteiger partial charge in [-0.2, -0.15) is 0 Å². The van der Waals surface area contributed by atoms with Gasteiger partial charge in [-0.25, -0.2) is 13.1 Å². The van der Waals surface area contributed by atoms with E-state index in [-0.39, 0.29) is 10.8 Å². The van der Waals surface area contributed by atoms with Gasteiger partial charge in [-0.1, -0.05) is 42.5 Å². The Morgan fingerprint density at radius 3 is 2.33 bits per heavy atom. The van der Waals surface area contributed by atoms with Crippen LogP contribution in [0.5, 0.6) is 0 Å². The van der Waals surface area contributed by atoms with Crippen molar-refractivity contribution in [3.8, 4) is 0 Å². The average Bonchev–Trinajstić information content (AvgIpc) is 2.68. The second-order valence-electron chi connectivity index (χ2n) is 6.78. The van der Waals surface area contributed by atoms with Crippen LogP contribution in [0.25, 0.3) is 0 Å². The largest absolute Gasteiger partial charge is 0.299 e. The maximum atomic E-state index is 12.5. The van der Waals surface area contributed by atoms with E-state index in [1.165, 1.54) is 29.8 Å². The Balaban J connectivity index is 1.53. The molecule has 2 aromatic rings. The molecule has 1 saturated heterocycles. The highest BCUT2D eigenvalue weighted by Crippen LogP contribution is 2.24. The van der Waals surface area contributed by atoms with E-state index < -0.39 is 20.6 Å². The van der Waals surface area contributed by atoms with Crippen LogP contribution in [0.15, 0.2) is 59.5 Å². The van der Waals surface area contributed by atoms with Gasteiger partial charge < -0.3 is 0 Å². The summed E-state index contributed by atoms with van der Waals surface area (Å²) in [7, 11) is -3.90. The molecule has 0 amide bonds. The summed E-state index contributed by atoms with van der Waals surface area (Å²) in [6.07, 6.45) is 1.79. The minimum Gasteiger partial charge on any atom is -0.299 e. The van der Waals surface area contributed by atoms with Crippen LogP contribution < -0.4 is 4.72 Å². The monoisotopic (exact) mass is 389 g/mol. The molecule has 1 aliphatic rings. The fraction of sp³-hybridized carbons (Fsp3) is 0.368. The Bertz CT molecular complexity index is 879. The third-order valence-electron chi connectivity index (χ3n) is 4.87. The van der Waals surface area contributed by atoms with Crippen molar-refractivity contribution in [1.82, 2.24) is 9.62 Å². The number of para-hydroxylation sites is 1. The van der Waals surface area contributed by atoms with E-state index in [0.717, 1.165) is 32.5 Å². The number of nitrogens with one attached hydrogen (secondary N) is 1. The van der Waals surface area contributed by atoms with Crippen molar-refractivity contribution < 1.29 is 13.3 Å². The summed E-state index contributed by atoms with van der Waals surface area (Å²) in [4.78, 5) is 12.5. The van der Waals surface area contributed by atoms with E-state index in [2.05, 4.69) is 21.8 Å². The molecule has 3 rings (SSSR count). The molecular weight excluding hydrogens is 366 g/mol. The lowest BCUT2D eigenvalue weighted by atomic mass is 9.97. The molecule has 1 fully saturated rings. The molecule has 0 atom stereocenters. The molecule has 0 bridgehead atoms. The van der Waals surface area contributed by atoms with Gasteiger partial charge in [0.05, 0.1) is 4.92 Å². The zero-order valence-electron chi connectivity index (χ0n) is 15.0. The topological polar surface area (TPSA) is 92.5 Å². The zero-order valence-corrected chi connectivity index (χ0v) is 15.8. The van der Waals surface area contributed by atoms with Gasteiger partial charge in [-0.05, 0) is 43.5 Å². The number of nitrogens with zero attached hydrogens (tertiary/aromatic N) is 2. The molecule has 1 heterocycles. The average molecular weight is 389 g/mol. The van der Waals surface area contributed by atoms with Crippen molar-refractivity contribution in [3.63, 3.8) is 0 Å². The van der Waals surface area contributed by atoms with Crippen LogP contribution in [0.3, 0.4) is 0 Å². The lowest BCUT2D eigenvalue weighted by molar-refractivity contribution is -0.387. The summed E-state index contributed by atoms with van der Waals surface area (Å²) in [6.45, 7) is 3.02. The molecule has 0 aliphatic carbocycles. The molecule has 144 valence electrons. The smallest absolute Gasteiger partial charge is 0.289 e. The minimum absolute atomic E-state index is 0.231. The molecule has 1 aliphatic heterocycles. The van der Waals surface area contributed by atoms with Gasteiger partial charge in [0.2, 0.25) is 10.0 Å². The Kier molecular flexibility index (Phi) is 6.20. The second-order valence-corrected chi connectivity index (χ2v) is 8.52. The molecular formula is C19H23N3O4S. The lowest BCUT2D eigenvalue weighted by Gasteiger charge is -2.32. The quantitative estimate of drug-likeness (QED) is 0.581. The number of benzene rings is 2. The van der Waals surface area contributed by atoms with Gasteiger partial charge in [0.1, 0.15) is 0 Å². The van der Waals surface area contributed by atoms with Crippen LogP contribution in [-0.4, -0.2) is 37.9 Å². The van der Waals surface area contributed by atoms with E-state index in [9.17, 15) is 18.5 Å². The van der Waals surface area contributed by atoms with E-state index in [1.807, 2.05) is 18.2 Å². The second kappa shape index (κ2) is 8.60. The molecule has 1 N–H and O–H groups in total. The highest BCUT2D eigenvalue weighted by Gasteiger charge is 2.27. The van der Waals surface area contributed by atoms with Crippen molar-refractivity contribution in [2.24, 2.45) is 5.92 Å². The van der Waals surface area contributed by atoms with Crippen LogP contribution in [0, 0.1) is 16.0 Å². The standard InChI is InChI=1S/C19H23N3O4S/c23-22(24)18-8-4-5-9-19(18)27(25,26)20-14-16-10-12-21(13-11-16)15-17-6-2-1-3-7-17/h1-9,16,20H,10-15H2. The van der Waals surface area contributed by atoms with Crippen LogP contribution in [0.4, 0.5) is 5.69 Å². The van der Waals surface area contributed by atoms with Crippen LogP contribution in [-0.2, 0) is 16.6 Å². The first kappa shape index (κ1) is 19.5. The highest BCUT2D eigenvalue weighted by molar-refractivity contribution is 7.89. The zero-order chi connectivity index (χ0) is 19.3. The molecule has 0 aromatic heterocycles. The summed E-state index contributed by atoms with van der Waals surface area (Å²) >= 11 is 0. The van der Waals surface area contributed by atoms with Gasteiger partial charge in [0.25, 0.3) is 5.69 Å². The highest BCUT2D eigenvalue weighted by atomic mass is 32.2. The fourth-order valence-corrected chi connectivity index (χ4v) is 4.62. The summed E-state index contributed by atoms with van der Waals surface area (Å²) < 4.78 is 27.5. The van der Waals surface area contributed by atoms with Gasteiger partial charge >= 0.3 is 0 Å². The number of hydrogen-bond acceptors (Lipinski definition) is 5. The van der Waals surface area contributed by atoms with Crippen molar-refractivity contribution in [1.29, 1.82) is 0 Å². The first-order valence-electron chi connectivity index (χ1n) is 8.95. The number of nitro groups is 1. The van der Waals surface area contributed by atoms with Crippen molar-refractivity contribution in [2.75, 3.05) is 19.6 Å². The van der Waals surface area contributed by atoms with Gasteiger partial charge in [0, 0.05) is 19.2 Å². The maximum Gasteiger partial charge on any atom is 0.289 e. The Labute approximate surface area is 159 Å². The molecule has 8 heteroatoms. The van der Waals surface area contributed by atoms with Crippen molar-refractivity contribution in [3.05, 3.63) is 70.3 Å². The fourth-order valence-electron chi connectivity index (χ4n) is 3.33. The number of hydrogen-bond donors (Lipinski definition) is 1. The number of likely N-dealkylation sites (tertiary alicyclic amines) is 1. The van der Waals surface area contributed by atoms with Crippen LogP contribution in [0.1, 0.15) is 18.4 Å². The van der Waals surface area contributed by atoms with E-state index in [0.29, 0.717) is 6.54 Å². The van der Waals surface area contributed by atoms with Gasteiger partial charge in [-0.15, -0.1) is 0 Å². The lowest BCUT2D eigenvalue weighted by Crippen LogP contribution is -2.38. The summed E-state index contributed by atoms with van der Waals surface area (Å²) in [5, 5.41) is 11.1. The van der Waals surface area contributed by atoms with Crippen molar-refractivity contribution >= 4 is 15.7 Å². The molecule has 0 spiro atoms. The number of nitro benzene ring substituents is 1. The maximum absolute atomic E-state index is 12.5. The number of rotatable bonds is 7. The summed E-state index contributed by atoms with van der Waals surface area (Å²) in [6, 6.07) is 15.7. The number of sulfonamides is 1. The Morgan fingerprint density at radius 2 is 1.67 bits per heavy atom. The molecule has 0 unspecified atom stereocenters. The molecule has 0 radical (unpaired) electrons. The van der Waals surface area contributed by atoms with Crippen LogP contribution in [0.2, 0.25) is 0 Å². The SMILES string of the molecule is O=[N+]([O-])c1ccccc1S(=O)(=O)NCC1CCN(Cc2ccccc2)CC1. The van der Waals surface area contributed by atoms with Crippen LogP contribution >= 0.6 is 0 Å². The predicted molar refractivity (Wildman–Crippen MR) is 103 cm³/mol. The van der Waals surface area contributed by atoms with E-state index >= 15 is 0 Å². The van der Waals surface area contributed by atoms with Gasteiger partial charge in [-0.3, -0.25) is 15.0 Å². The normalized spacial score (nSPS) is 16.3. The van der Waals surface area contributed by atoms with E-state index in [4.69, 9.17) is 0 Å². The molecule has 2 aromatic carbocycles. The van der Waals surface area contributed by atoms with Gasteiger partial charge in [0.15, 0.2) is 4.90 Å². The first-order chi connectivity index (χ1) is 13.0. The third kappa shape index (κ3) is 5.12. The molecule has 7 nitrogen and oxygen atoms in total. The Hall–Kier alpha value is -2.29. The Morgan fingerprint density at radius 1 is 1.04 bits per heavy atom. The summed E-state index contributed by atoms with van der Waals surface area (Å²) in [5.74, 6) is 0.231. The summed E-state index contributed by atoms with van der Waals surface area (Å²) in [5.41, 5.74) is 0.871. The predicted octanol–water partition coefficient (Wildman–Crippen LogP) is 2.79. The number of piperidine rings is 1. The first-order valence-corrected chi connectivity index (χ1v) is 10.4.